The topological polar surface area (TPSA) is 13.1 Å². The maximum absolute atomic E-state index is 5.72. The summed E-state index contributed by atoms with van der Waals surface area (Å²) in [6, 6.07) is 4.03. The first-order chi connectivity index (χ1) is 8.84. The van der Waals surface area contributed by atoms with Crippen molar-refractivity contribution in [2.45, 2.75) is 6.92 Å². The lowest BCUT2D eigenvalue weighted by Crippen LogP contribution is -1.87. The van der Waals surface area contributed by atoms with Crippen molar-refractivity contribution < 1.29 is 4.42 Å². The number of rotatable bonds is 1. The molecular weight excluding hydrogens is 240 g/mol. The van der Waals surface area contributed by atoms with E-state index in [1.807, 2.05) is 31.2 Å². The van der Waals surface area contributed by atoms with E-state index >= 15 is 0 Å². The van der Waals surface area contributed by atoms with Crippen LogP contribution in [-0.2, 0) is 11.4 Å². The number of aryl methyl sites for hydroxylation is 1. The van der Waals surface area contributed by atoms with Gasteiger partial charge in [-0.3, -0.25) is 0 Å². The van der Waals surface area contributed by atoms with Gasteiger partial charge in [-0.1, -0.05) is 24.3 Å². The second kappa shape index (κ2) is 4.75. The zero-order chi connectivity index (χ0) is 12.4. The number of allylic oxidation sites excluding steroid dienone is 9. The van der Waals surface area contributed by atoms with Crippen molar-refractivity contribution in [3.05, 3.63) is 76.7 Å². The Bertz CT molecular complexity index is 630. The van der Waals surface area contributed by atoms with Gasteiger partial charge in [0.1, 0.15) is 11.5 Å². The lowest BCUT2D eigenvalue weighted by molar-refractivity contribution is 0.522. The van der Waals surface area contributed by atoms with Crippen molar-refractivity contribution >= 4 is 22.3 Å². The molecule has 2 aliphatic rings. The minimum absolute atomic E-state index is 0.940. The summed E-state index contributed by atoms with van der Waals surface area (Å²) >= 11 is 1.74. The Labute approximate surface area is 110 Å². The van der Waals surface area contributed by atoms with E-state index in [1.54, 1.807) is 11.4 Å². The van der Waals surface area contributed by atoms with Crippen LogP contribution in [0.2, 0.25) is 0 Å². The highest BCUT2D eigenvalue weighted by Crippen LogP contribution is 2.30. The molecule has 0 fully saturated rings. The molecule has 1 aliphatic heterocycles. The van der Waals surface area contributed by atoms with Crippen LogP contribution < -0.4 is 0 Å². The molecule has 1 aliphatic carbocycles. The van der Waals surface area contributed by atoms with Gasteiger partial charge in [0.2, 0.25) is 16.3 Å². The zero-order valence-corrected chi connectivity index (χ0v) is 10.9. The fourth-order valence-electron chi connectivity index (χ4n) is 1.96. The predicted molar refractivity (Wildman–Crippen MR) is 79.3 cm³/mol. The first kappa shape index (κ1) is 11.2. The van der Waals surface area contributed by atoms with Crippen LogP contribution in [0, 0.1) is 6.92 Å². The summed E-state index contributed by atoms with van der Waals surface area (Å²) in [6.45, 7) is 1.97. The summed E-state index contributed by atoms with van der Waals surface area (Å²) in [5.41, 5.74) is 2.39. The first-order valence-electron chi connectivity index (χ1n) is 5.87. The third-order valence-corrected chi connectivity index (χ3v) is 3.78. The van der Waals surface area contributed by atoms with Gasteiger partial charge in [0, 0.05) is 11.6 Å². The van der Waals surface area contributed by atoms with Crippen LogP contribution in [-0.4, -0.2) is 5.37 Å². The van der Waals surface area contributed by atoms with Gasteiger partial charge >= 0.3 is 0 Å². The van der Waals surface area contributed by atoms with E-state index in [0.29, 0.717) is 0 Å². The Morgan fingerprint density at radius 3 is 2.44 bits per heavy atom. The summed E-state index contributed by atoms with van der Waals surface area (Å²) in [5, 5.41) is 2.11. The molecule has 0 N–H and O–H groups in total. The molecule has 0 bridgehead atoms. The standard InChI is InChI=1S/C16H13OS/c1-12-8-9-15(17-12)14-10-11-18-16(14)13-6-4-2-3-5-7-13/h2-11H,1H3/q+1. The van der Waals surface area contributed by atoms with E-state index in [2.05, 4.69) is 35.7 Å². The van der Waals surface area contributed by atoms with Crippen LogP contribution in [0.1, 0.15) is 11.5 Å². The van der Waals surface area contributed by atoms with Crippen molar-refractivity contribution in [2.75, 3.05) is 0 Å². The maximum atomic E-state index is 5.72. The monoisotopic (exact) mass is 253 g/mol. The Hall–Kier alpha value is -1.93. The third kappa shape index (κ3) is 2.07. The van der Waals surface area contributed by atoms with E-state index in [9.17, 15) is 0 Å². The number of hydrogen-bond donors (Lipinski definition) is 0. The first-order valence-corrected chi connectivity index (χ1v) is 6.75. The van der Waals surface area contributed by atoms with Crippen LogP contribution in [0.25, 0.3) is 5.57 Å². The normalized spacial score (nSPS) is 17.5. The average molecular weight is 253 g/mol. The molecule has 0 amide bonds. The fraction of sp³-hybridized carbons (Fsp3) is 0.0625. The smallest absolute Gasteiger partial charge is 0.249 e. The molecule has 2 heteroatoms. The molecule has 18 heavy (non-hydrogen) atoms. The van der Waals surface area contributed by atoms with E-state index < -0.39 is 0 Å². The third-order valence-electron chi connectivity index (χ3n) is 2.82. The summed E-state index contributed by atoms with van der Waals surface area (Å²) in [7, 11) is 0. The molecule has 0 saturated heterocycles. The van der Waals surface area contributed by atoms with Gasteiger partial charge in [-0.2, -0.15) is 0 Å². The molecule has 1 aromatic heterocycles. The molecule has 1 nitrogen and oxygen atoms in total. The molecule has 2 heterocycles. The van der Waals surface area contributed by atoms with Crippen LogP contribution in [0.15, 0.2) is 69.6 Å². The van der Waals surface area contributed by atoms with Crippen molar-refractivity contribution in [1.82, 2.24) is 0 Å². The molecule has 0 radical (unpaired) electrons. The summed E-state index contributed by atoms with van der Waals surface area (Å²) in [6.07, 6.45) is 14.6. The van der Waals surface area contributed by atoms with Gasteiger partial charge in [0.05, 0.1) is 5.57 Å². The van der Waals surface area contributed by atoms with Crippen LogP contribution in [0.4, 0.5) is 0 Å². The molecule has 0 unspecified atom stereocenters. The minimum Gasteiger partial charge on any atom is -0.461 e. The fourth-order valence-corrected chi connectivity index (χ4v) is 2.87. The maximum Gasteiger partial charge on any atom is 0.249 e. The van der Waals surface area contributed by atoms with E-state index in [4.69, 9.17) is 4.42 Å². The Kier molecular flexibility index (Phi) is 2.95. The molecule has 0 aromatic carbocycles. The van der Waals surface area contributed by atoms with E-state index in [-0.39, 0.29) is 0 Å². The van der Waals surface area contributed by atoms with Gasteiger partial charge in [-0.25, -0.2) is 0 Å². The second-order valence-electron chi connectivity index (χ2n) is 4.13. The van der Waals surface area contributed by atoms with Crippen molar-refractivity contribution in [1.29, 1.82) is 0 Å². The van der Waals surface area contributed by atoms with Crippen LogP contribution in [0.5, 0.6) is 0 Å². The summed E-state index contributed by atoms with van der Waals surface area (Å²) in [5.74, 6) is 1.89. The highest BCUT2D eigenvalue weighted by Gasteiger charge is 2.26. The molecule has 1 aromatic rings. The van der Waals surface area contributed by atoms with Crippen LogP contribution in [0.3, 0.4) is 0 Å². The quantitative estimate of drug-likeness (QED) is 0.548. The summed E-state index contributed by atoms with van der Waals surface area (Å²) < 4.78 is 5.72. The van der Waals surface area contributed by atoms with Gasteiger partial charge in [-0.15, -0.1) is 0 Å². The SMILES string of the molecule is Cc1ccc(C2=CC=[S+]C2=C2C=CC=CC=C2)o1. The second-order valence-corrected chi connectivity index (χ2v) is 5.05. The zero-order valence-electron chi connectivity index (χ0n) is 10.1. The molecular formula is C16H13OS+. The van der Waals surface area contributed by atoms with Crippen LogP contribution >= 0.6 is 0 Å². The highest BCUT2D eigenvalue weighted by atomic mass is 32.1. The van der Waals surface area contributed by atoms with Crippen molar-refractivity contribution in [3.63, 3.8) is 0 Å². The molecule has 0 atom stereocenters. The molecule has 0 spiro atoms. The van der Waals surface area contributed by atoms with Gasteiger partial charge < -0.3 is 4.42 Å². The predicted octanol–water partition coefficient (Wildman–Crippen LogP) is 3.81. The molecule has 0 saturated carbocycles. The molecule has 3 rings (SSSR count). The van der Waals surface area contributed by atoms with Gasteiger partial charge in [-0.05, 0) is 31.2 Å². The van der Waals surface area contributed by atoms with E-state index in [1.165, 1.54) is 16.1 Å². The molecule has 88 valence electrons. The number of hydrogen-bond acceptors (Lipinski definition) is 1. The van der Waals surface area contributed by atoms with Crippen molar-refractivity contribution in [2.24, 2.45) is 0 Å². The van der Waals surface area contributed by atoms with Gasteiger partial charge in [0.25, 0.3) is 0 Å². The Morgan fingerprint density at radius 2 is 1.78 bits per heavy atom. The lowest BCUT2D eigenvalue weighted by Gasteiger charge is -1.96. The Morgan fingerprint density at radius 1 is 1.00 bits per heavy atom. The Balaban J connectivity index is 2.05. The summed E-state index contributed by atoms with van der Waals surface area (Å²) in [4.78, 5) is 1.25. The average Bonchev–Trinajstić information content (AvgIpc) is 2.92. The largest absolute Gasteiger partial charge is 0.461 e. The number of furan rings is 1. The van der Waals surface area contributed by atoms with E-state index in [0.717, 1.165) is 11.5 Å². The highest BCUT2D eigenvalue weighted by molar-refractivity contribution is 7.83. The lowest BCUT2D eigenvalue weighted by atomic mass is 10.1. The van der Waals surface area contributed by atoms with Gasteiger partial charge in [0.15, 0.2) is 5.37 Å². The minimum atomic E-state index is 0.940. The van der Waals surface area contributed by atoms with Crippen molar-refractivity contribution in [3.8, 4) is 0 Å².